The van der Waals surface area contributed by atoms with Crippen LogP contribution in [-0.2, 0) is 13.0 Å². The van der Waals surface area contributed by atoms with E-state index >= 15 is 0 Å². The number of nitrogens with one attached hydrogen (secondary N) is 3. The van der Waals surface area contributed by atoms with Crippen LogP contribution in [0.5, 0.6) is 0 Å². The van der Waals surface area contributed by atoms with Crippen LogP contribution < -0.4 is 16.4 Å². The topological polar surface area (TPSA) is 99.1 Å². The third-order valence-electron chi connectivity index (χ3n) is 6.04. The van der Waals surface area contributed by atoms with E-state index in [4.69, 9.17) is 17.3 Å². The van der Waals surface area contributed by atoms with Crippen LogP contribution in [0, 0.1) is 0 Å². The maximum Gasteiger partial charge on any atom is 0.252 e. The number of amides is 1. The fraction of sp³-hybridized carbons (Fsp3) is 0.154. The first kappa shape index (κ1) is 21.9. The number of benzene rings is 2. The summed E-state index contributed by atoms with van der Waals surface area (Å²) >= 11 is 6.05. The van der Waals surface area contributed by atoms with Gasteiger partial charge in [-0.2, -0.15) is 0 Å². The number of hydrogen-bond acceptors (Lipinski definition) is 5. The van der Waals surface area contributed by atoms with Crippen LogP contribution in [-0.4, -0.2) is 27.4 Å². The molecule has 0 saturated heterocycles. The maximum atomic E-state index is 12.3. The second-order valence-electron chi connectivity index (χ2n) is 8.21. The van der Waals surface area contributed by atoms with Crippen molar-refractivity contribution in [2.45, 2.75) is 19.9 Å². The van der Waals surface area contributed by atoms with Gasteiger partial charge in [0.1, 0.15) is 5.65 Å². The Labute approximate surface area is 202 Å². The Balaban J connectivity index is 1.58. The number of aromatic amines is 1. The van der Waals surface area contributed by atoms with Crippen molar-refractivity contribution in [1.82, 2.24) is 20.2 Å². The molecule has 5 N–H and O–H groups in total. The molecule has 1 aliphatic rings. The lowest BCUT2D eigenvalue weighted by molar-refractivity contribution is 0.100. The highest BCUT2D eigenvalue weighted by Crippen LogP contribution is 2.34. The SMILES string of the molecule is CCc1c(CN2C=CNC2)cccc1Nc1c(C(N)=O)cnc2[nH]c(-c3ccc(Cl)cc3)cc12. The Morgan fingerprint density at radius 1 is 1.24 bits per heavy atom. The number of aromatic nitrogens is 2. The van der Waals surface area contributed by atoms with E-state index in [0.717, 1.165) is 42.0 Å². The standard InChI is InChI=1S/C26H25ClN6O/c1-2-19-17(14-33-11-10-29-15-33)4-3-5-22(19)31-24-20-12-23(16-6-8-18(27)9-7-16)32-26(20)30-13-21(24)25(28)34/h3-13,29H,2,14-15H2,1H3,(H2,28,34)(H2,30,31,32). The largest absolute Gasteiger partial charge is 0.373 e. The molecule has 3 heterocycles. The molecule has 0 spiro atoms. The van der Waals surface area contributed by atoms with E-state index in [-0.39, 0.29) is 0 Å². The van der Waals surface area contributed by atoms with Gasteiger partial charge in [0.05, 0.1) is 17.9 Å². The zero-order chi connectivity index (χ0) is 23.7. The molecule has 172 valence electrons. The van der Waals surface area contributed by atoms with E-state index in [2.05, 4.69) is 44.7 Å². The van der Waals surface area contributed by atoms with Crippen LogP contribution in [0.1, 0.15) is 28.4 Å². The minimum atomic E-state index is -0.534. The van der Waals surface area contributed by atoms with Crippen molar-refractivity contribution in [3.63, 3.8) is 0 Å². The van der Waals surface area contributed by atoms with Crippen LogP contribution >= 0.6 is 11.6 Å². The molecule has 2 aromatic carbocycles. The number of halogens is 1. The van der Waals surface area contributed by atoms with Gasteiger partial charge in [0.15, 0.2) is 0 Å². The normalized spacial score (nSPS) is 12.8. The zero-order valence-corrected chi connectivity index (χ0v) is 19.5. The Morgan fingerprint density at radius 3 is 2.76 bits per heavy atom. The summed E-state index contributed by atoms with van der Waals surface area (Å²) in [4.78, 5) is 22.3. The summed E-state index contributed by atoms with van der Waals surface area (Å²) < 4.78 is 0. The molecular formula is C26H25ClN6O. The van der Waals surface area contributed by atoms with Gasteiger partial charge in [0, 0.05) is 46.9 Å². The van der Waals surface area contributed by atoms with Crippen molar-refractivity contribution in [1.29, 1.82) is 0 Å². The van der Waals surface area contributed by atoms with Crippen LogP contribution in [0.4, 0.5) is 11.4 Å². The van der Waals surface area contributed by atoms with E-state index < -0.39 is 5.91 Å². The Bertz CT molecular complexity index is 1390. The molecular weight excluding hydrogens is 448 g/mol. The van der Waals surface area contributed by atoms with Crippen LogP contribution in [0.3, 0.4) is 0 Å². The van der Waals surface area contributed by atoms with Crippen LogP contribution in [0.15, 0.2) is 67.1 Å². The molecule has 1 aliphatic heterocycles. The summed E-state index contributed by atoms with van der Waals surface area (Å²) in [5, 5.41) is 8.19. The van der Waals surface area contributed by atoms with Gasteiger partial charge < -0.3 is 26.3 Å². The summed E-state index contributed by atoms with van der Waals surface area (Å²) in [5.41, 5.74) is 12.6. The zero-order valence-electron chi connectivity index (χ0n) is 18.7. The number of H-pyrrole nitrogens is 1. The van der Waals surface area contributed by atoms with Gasteiger partial charge in [-0.25, -0.2) is 4.98 Å². The lowest BCUT2D eigenvalue weighted by Crippen LogP contribution is -2.21. The minimum absolute atomic E-state index is 0.341. The van der Waals surface area contributed by atoms with Gasteiger partial charge in [-0.05, 0) is 47.4 Å². The smallest absolute Gasteiger partial charge is 0.252 e. The van der Waals surface area contributed by atoms with Gasteiger partial charge in [0.2, 0.25) is 0 Å². The van der Waals surface area contributed by atoms with Crippen molar-refractivity contribution < 1.29 is 4.79 Å². The van der Waals surface area contributed by atoms with Crippen LogP contribution in [0.2, 0.25) is 5.02 Å². The lowest BCUT2D eigenvalue weighted by Gasteiger charge is -2.20. The fourth-order valence-corrected chi connectivity index (χ4v) is 4.47. The third-order valence-corrected chi connectivity index (χ3v) is 6.29. The number of carbonyl (C=O) groups is 1. The first-order valence-electron chi connectivity index (χ1n) is 11.1. The number of carbonyl (C=O) groups excluding carboxylic acids is 1. The summed E-state index contributed by atoms with van der Waals surface area (Å²) in [7, 11) is 0. The molecule has 2 aromatic heterocycles. The predicted molar refractivity (Wildman–Crippen MR) is 137 cm³/mol. The first-order chi connectivity index (χ1) is 16.5. The number of anilines is 2. The maximum absolute atomic E-state index is 12.3. The number of nitrogens with two attached hydrogens (primary N) is 1. The van der Waals surface area contributed by atoms with Gasteiger partial charge in [-0.15, -0.1) is 0 Å². The number of nitrogens with zero attached hydrogens (tertiary/aromatic N) is 2. The van der Waals surface area contributed by atoms with E-state index in [0.29, 0.717) is 21.9 Å². The van der Waals surface area contributed by atoms with E-state index in [1.807, 2.05) is 48.7 Å². The second kappa shape index (κ2) is 9.11. The molecule has 5 rings (SSSR count). The molecule has 34 heavy (non-hydrogen) atoms. The Morgan fingerprint density at radius 2 is 2.06 bits per heavy atom. The van der Waals surface area contributed by atoms with Gasteiger partial charge in [0.25, 0.3) is 5.91 Å². The third kappa shape index (κ3) is 4.18. The molecule has 0 radical (unpaired) electrons. The van der Waals surface area contributed by atoms with E-state index in [1.165, 1.54) is 17.3 Å². The number of rotatable bonds is 7. The number of pyridine rings is 1. The highest BCUT2D eigenvalue weighted by Gasteiger charge is 2.18. The second-order valence-corrected chi connectivity index (χ2v) is 8.65. The molecule has 1 amide bonds. The van der Waals surface area contributed by atoms with Crippen molar-refractivity contribution in [3.8, 4) is 11.3 Å². The number of hydrogen-bond donors (Lipinski definition) is 4. The molecule has 4 aromatic rings. The molecule has 0 bridgehead atoms. The van der Waals surface area contributed by atoms with E-state index in [1.54, 1.807) is 0 Å². The summed E-state index contributed by atoms with van der Waals surface area (Å²) in [6.07, 6.45) is 6.36. The van der Waals surface area contributed by atoms with Gasteiger partial charge >= 0.3 is 0 Å². The molecule has 7 nitrogen and oxygen atoms in total. The molecule has 0 fully saturated rings. The summed E-state index contributed by atoms with van der Waals surface area (Å²) in [6, 6.07) is 15.7. The average molecular weight is 473 g/mol. The Hall–Kier alpha value is -3.97. The van der Waals surface area contributed by atoms with Gasteiger partial charge in [-0.1, -0.05) is 42.8 Å². The van der Waals surface area contributed by atoms with Crippen molar-refractivity contribution in [2.24, 2.45) is 5.73 Å². The van der Waals surface area contributed by atoms with Crippen molar-refractivity contribution in [3.05, 3.63) is 88.8 Å². The quantitative estimate of drug-likeness (QED) is 0.299. The minimum Gasteiger partial charge on any atom is -0.373 e. The molecule has 0 aliphatic carbocycles. The van der Waals surface area contributed by atoms with Crippen LogP contribution in [0.25, 0.3) is 22.3 Å². The highest BCUT2D eigenvalue weighted by molar-refractivity contribution is 6.30. The van der Waals surface area contributed by atoms with Gasteiger partial charge in [-0.3, -0.25) is 4.79 Å². The summed E-state index contributed by atoms with van der Waals surface area (Å²) in [6.45, 7) is 3.71. The first-order valence-corrected chi connectivity index (χ1v) is 11.5. The fourth-order valence-electron chi connectivity index (χ4n) is 4.34. The average Bonchev–Trinajstić information content (AvgIpc) is 3.50. The van der Waals surface area contributed by atoms with Crippen molar-refractivity contribution >= 4 is 39.9 Å². The Kier molecular flexibility index (Phi) is 5.86. The molecule has 0 saturated carbocycles. The molecule has 0 unspecified atom stereocenters. The monoisotopic (exact) mass is 472 g/mol. The highest BCUT2D eigenvalue weighted by atomic mass is 35.5. The van der Waals surface area contributed by atoms with Crippen molar-refractivity contribution in [2.75, 3.05) is 12.0 Å². The molecule has 0 atom stereocenters. The van der Waals surface area contributed by atoms with E-state index in [9.17, 15) is 4.79 Å². The predicted octanol–water partition coefficient (Wildman–Crippen LogP) is 5.12. The number of fused-ring (bicyclic) bond motifs is 1. The summed E-state index contributed by atoms with van der Waals surface area (Å²) in [5.74, 6) is -0.534. The number of primary amides is 1. The molecule has 8 heteroatoms. The lowest BCUT2D eigenvalue weighted by atomic mass is 10.0.